The standard InChI is InChI=1S/C30H52Br2.C30H54O2.C30H50.C15H10N2O2.CH4/c2*1-26(2,3)23-18-24(29(8,9)21-27(4,5)14-12-16-31)20-25(19-23)30(10,11)22-28(6,7)15-13-17-32;1-14-16-27(6,7)21-29(10,11)24-18-23(26(3,4)5)19-25(20-24)30(12,13)22-28(8,9)17-15-2;16-10-19-15-7-3-13(4-8-15)9-12-1-5-14(6-2-12)17-11-18;/h18-20H,12-17,21-22H2,1-11H3;18-20,31-32H,12-17,21-22H2,1-11H3;14-15,18-20H,1-2,16-17,21-22H2,3-13H3;1-8H,9H2;1H4. The number of nitriles is 1. The van der Waals surface area contributed by atoms with Crippen molar-refractivity contribution in [1.29, 1.82) is 5.26 Å². The predicted octanol–water partition coefficient (Wildman–Crippen LogP) is 31.9. The molecule has 0 bridgehead atoms. The van der Waals surface area contributed by atoms with Crippen LogP contribution in [-0.2, 0) is 60.0 Å². The number of ether oxygens (including phenoxy) is 1. The lowest BCUT2D eigenvalue weighted by atomic mass is 9.65. The minimum Gasteiger partial charge on any atom is -0.396 e. The molecule has 0 heterocycles. The normalized spacial score (nSPS) is 13.2. The number of carbonyl (C=O) groups excluding carboxylic acids is 1. The SMILES string of the molecule is C.C=CCC(C)(C)CC(C)(C)c1cc(C(C)(C)C)cc(C(C)(C)CC(C)(C)CC=C)c1.CC(C)(CCCBr)CC(C)(C)c1cc(C(C)(C)C)cc(C(C)(C)CC(C)(C)CCCBr)c1.CC(C)(CCCO)CC(C)(C)c1cc(C(C)(C)C)cc(C(C)(C)CC(C)(C)CCCO)c1.N#COc1ccc(Cc2ccc(N=C=O)cc2)cc1. The molecule has 0 amide bonds. The molecule has 642 valence electrons. The van der Waals surface area contributed by atoms with Gasteiger partial charge in [-0.15, -0.1) is 18.4 Å². The monoisotopic (exact) mass is 1690 g/mol. The summed E-state index contributed by atoms with van der Waals surface area (Å²) >= 11 is 7.25. The molecular weight excluding hydrogens is 1520 g/mol. The van der Waals surface area contributed by atoms with Crippen molar-refractivity contribution in [2.24, 2.45) is 37.5 Å². The molecule has 0 aliphatic carbocycles. The van der Waals surface area contributed by atoms with Gasteiger partial charge >= 0.3 is 0 Å². The van der Waals surface area contributed by atoms with Crippen LogP contribution in [0.15, 0.2) is 133 Å². The molecule has 2 N–H and O–H groups in total. The van der Waals surface area contributed by atoms with E-state index in [0.717, 1.165) is 92.4 Å². The van der Waals surface area contributed by atoms with Gasteiger partial charge in [0.25, 0.3) is 6.26 Å². The van der Waals surface area contributed by atoms with Gasteiger partial charge in [-0.25, -0.2) is 4.79 Å². The van der Waals surface area contributed by atoms with E-state index in [0.29, 0.717) is 22.3 Å². The number of halogens is 2. The predicted molar refractivity (Wildman–Crippen MR) is 509 cm³/mol. The van der Waals surface area contributed by atoms with Crippen molar-refractivity contribution in [3.8, 4) is 12.0 Å². The maximum absolute atomic E-state index is 10.1. The van der Waals surface area contributed by atoms with Crippen LogP contribution in [0.5, 0.6) is 5.75 Å². The minimum atomic E-state index is 0. The fraction of sp³-hybridized carbons (Fsp3) is 0.660. The average molecular weight is 1700 g/mol. The van der Waals surface area contributed by atoms with Gasteiger partial charge in [0.15, 0.2) is 0 Å². The van der Waals surface area contributed by atoms with Crippen LogP contribution < -0.4 is 4.74 Å². The van der Waals surface area contributed by atoms with Crippen LogP contribution in [0.25, 0.3) is 0 Å². The number of aliphatic hydroxyl groups is 2. The van der Waals surface area contributed by atoms with Crippen LogP contribution >= 0.6 is 31.9 Å². The molecule has 0 saturated carbocycles. The number of aliphatic hydroxyl groups excluding tert-OH is 2. The van der Waals surface area contributed by atoms with Crippen molar-refractivity contribution in [3.63, 3.8) is 0 Å². The summed E-state index contributed by atoms with van der Waals surface area (Å²) in [7, 11) is 0. The average Bonchev–Trinajstić information content (AvgIpc) is 0.781. The number of isocyanates is 1. The van der Waals surface area contributed by atoms with Crippen molar-refractivity contribution in [2.75, 3.05) is 23.9 Å². The van der Waals surface area contributed by atoms with Crippen LogP contribution in [0.3, 0.4) is 0 Å². The molecule has 0 aromatic heterocycles. The van der Waals surface area contributed by atoms with E-state index in [1.165, 1.54) is 94.7 Å². The molecule has 5 aromatic rings. The third-order valence-corrected chi connectivity index (χ3v) is 24.7. The summed E-state index contributed by atoms with van der Waals surface area (Å²) in [5.41, 5.74) is 18.5. The van der Waals surface area contributed by atoms with Gasteiger partial charge in [0.05, 0.1) is 5.69 Å². The molecule has 0 aliphatic rings. The highest BCUT2D eigenvalue weighted by molar-refractivity contribution is 9.09. The van der Waals surface area contributed by atoms with Crippen LogP contribution in [0.4, 0.5) is 5.69 Å². The Morgan fingerprint density at radius 2 is 0.596 bits per heavy atom. The minimum absolute atomic E-state index is 0. The van der Waals surface area contributed by atoms with Crippen LogP contribution in [0, 0.1) is 44.0 Å². The van der Waals surface area contributed by atoms with E-state index in [-0.39, 0.29) is 91.0 Å². The zero-order chi connectivity index (χ0) is 87.1. The second-order valence-corrected chi connectivity index (χ2v) is 47.2. The van der Waals surface area contributed by atoms with Gasteiger partial charge in [0, 0.05) is 23.9 Å². The first kappa shape index (κ1) is 107. The summed E-state index contributed by atoms with van der Waals surface area (Å²) in [6.45, 7) is 87.2. The molecule has 5 aromatic carbocycles. The summed E-state index contributed by atoms with van der Waals surface area (Å²) in [6.07, 6.45) is 25.8. The molecular formula is C106H170Br2N2O4. The molecule has 0 fully saturated rings. The zero-order valence-corrected chi connectivity index (χ0v) is 81.8. The van der Waals surface area contributed by atoms with Crippen molar-refractivity contribution in [3.05, 3.63) is 190 Å². The number of hydrogen-bond acceptors (Lipinski definition) is 6. The Bertz CT molecular complexity index is 3530. The van der Waals surface area contributed by atoms with Gasteiger partial charge in [-0.05, 0) is 276 Å². The Kier molecular flexibility index (Phi) is 41.3. The lowest BCUT2D eigenvalue weighted by Gasteiger charge is -2.39. The van der Waals surface area contributed by atoms with E-state index in [2.05, 4.69) is 345 Å². The Hall–Kier alpha value is -4.87. The highest BCUT2D eigenvalue weighted by atomic mass is 79.9. The number of aliphatic imine (C=N–C) groups is 1. The van der Waals surface area contributed by atoms with Crippen molar-refractivity contribution < 1.29 is 19.7 Å². The number of hydrogen-bond donors (Lipinski definition) is 2. The third kappa shape index (κ3) is 37.6. The van der Waals surface area contributed by atoms with E-state index in [1.54, 1.807) is 30.5 Å². The van der Waals surface area contributed by atoms with E-state index in [4.69, 9.17) is 10.00 Å². The second-order valence-electron chi connectivity index (χ2n) is 45.6. The van der Waals surface area contributed by atoms with Crippen LogP contribution in [0.2, 0.25) is 0 Å². The van der Waals surface area contributed by atoms with E-state index in [9.17, 15) is 15.0 Å². The molecule has 0 aliphatic heterocycles. The highest BCUT2D eigenvalue weighted by Gasteiger charge is 2.39. The number of allylic oxidation sites excluding steroid dienone is 2. The summed E-state index contributed by atoms with van der Waals surface area (Å²) in [6, 6.07) is 37.1. The van der Waals surface area contributed by atoms with Gasteiger partial charge < -0.3 is 14.9 Å². The van der Waals surface area contributed by atoms with Crippen molar-refractivity contribution >= 4 is 43.6 Å². The summed E-state index contributed by atoms with van der Waals surface area (Å²) < 4.78 is 4.71. The van der Waals surface area contributed by atoms with Crippen molar-refractivity contribution in [2.45, 2.75) is 394 Å². The molecule has 114 heavy (non-hydrogen) atoms. The maximum atomic E-state index is 10.1. The molecule has 5 rings (SSSR count). The number of nitrogens with zero attached hydrogens (tertiary/aromatic N) is 2. The fourth-order valence-corrected chi connectivity index (χ4v) is 19.1. The molecule has 0 unspecified atom stereocenters. The van der Waals surface area contributed by atoms with Crippen molar-refractivity contribution in [1.82, 2.24) is 0 Å². The highest BCUT2D eigenvalue weighted by Crippen LogP contribution is 2.50. The largest absolute Gasteiger partial charge is 0.396 e. The van der Waals surface area contributed by atoms with E-state index < -0.39 is 0 Å². The molecule has 0 saturated heterocycles. The molecule has 8 heteroatoms. The topological polar surface area (TPSA) is 103 Å². The van der Waals surface area contributed by atoms with Gasteiger partial charge in [-0.3, -0.25) is 0 Å². The summed E-state index contributed by atoms with van der Waals surface area (Å²) in [5, 5.41) is 29.2. The van der Waals surface area contributed by atoms with E-state index >= 15 is 0 Å². The lowest BCUT2D eigenvalue weighted by molar-refractivity contribution is 0.199. The lowest BCUT2D eigenvalue weighted by Crippen LogP contribution is -2.30. The zero-order valence-electron chi connectivity index (χ0n) is 78.6. The first-order valence-corrected chi connectivity index (χ1v) is 45.0. The maximum Gasteiger partial charge on any atom is 0.292 e. The van der Waals surface area contributed by atoms with Crippen LogP contribution in [0.1, 0.15) is 400 Å². The van der Waals surface area contributed by atoms with Gasteiger partial charge in [-0.2, -0.15) is 4.99 Å². The Balaban J connectivity index is 0.000000768. The summed E-state index contributed by atoms with van der Waals surface area (Å²) in [5.74, 6) is 0.530. The Labute approximate surface area is 720 Å². The number of rotatable bonds is 38. The molecule has 0 atom stereocenters. The molecule has 6 nitrogen and oxygen atoms in total. The first-order chi connectivity index (χ1) is 51.4. The smallest absolute Gasteiger partial charge is 0.292 e. The van der Waals surface area contributed by atoms with Gasteiger partial charge in [0.2, 0.25) is 6.08 Å². The number of benzene rings is 5. The first-order valence-electron chi connectivity index (χ1n) is 42.7. The second kappa shape index (κ2) is 43.9. The van der Waals surface area contributed by atoms with E-state index in [1.807, 2.05) is 24.3 Å². The van der Waals surface area contributed by atoms with Gasteiger partial charge in [0.1, 0.15) is 5.75 Å². The quantitative estimate of drug-likeness (QED) is 0.0135. The Morgan fingerprint density at radius 1 is 0.368 bits per heavy atom. The van der Waals surface area contributed by atoms with Crippen LogP contribution in [-0.4, -0.2) is 40.2 Å². The Morgan fingerprint density at radius 3 is 0.807 bits per heavy atom. The summed E-state index contributed by atoms with van der Waals surface area (Å²) in [4.78, 5) is 13.6. The fourth-order valence-electron chi connectivity index (χ4n) is 18.5. The number of alkyl halides is 2. The molecule has 0 radical (unpaired) electrons. The molecule has 0 spiro atoms. The third-order valence-electron chi connectivity index (χ3n) is 23.6. The van der Waals surface area contributed by atoms with Gasteiger partial charge in [-0.1, -0.05) is 359 Å².